The van der Waals surface area contributed by atoms with Crippen LogP contribution in [-0.2, 0) is 21.4 Å². The summed E-state index contributed by atoms with van der Waals surface area (Å²) >= 11 is 6.55. The number of carbonyl (C=O) groups is 1. The Kier molecular flexibility index (Phi) is 8.23. The van der Waals surface area contributed by atoms with Crippen molar-refractivity contribution in [3.8, 4) is 11.8 Å². The SMILES string of the molecule is COc1cc(OC)nc(NC(=O)NS(=O)(=O)c2sccc2COCCCCl)n1. The first kappa shape index (κ1) is 22.1. The molecule has 2 rings (SSSR count). The summed E-state index contributed by atoms with van der Waals surface area (Å²) in [6.45, 7) is 0.496. The Labute approximate surface area is 171 Å². The van der Waals surface area contributed by atoms with E-state index in [-0.39, 0.29) is 28.5 Å². The molecule has 0 spiro atoms. The van der Waals surface area contributed by atoms with Crippen molar-refractivity contribution in [1.82, 2.24) is 14.7 Å². The van der Waals surface area contributed by atoms with Crippen LogP contribution < -0.4 is 19.5 Å². The third-order valence-electron chi connectivity index (χ3n) is 3.18. The third-order valence-corrected chi connectivity index (χ3v) is 6.35. The van der Waals surface area contributed by atoms with Gasteiger partial charge >= 0.3 is 6.03 Å². The highest BCUT2D eigenvalue weighted by Gasteiger charge is 2.23. The monoisotopic (exact) mass is 450 g/mol. The molecule has 0 saturated carbocycles. The van der Waals surface area contributed by atoms with Crippen molar-refractivity contribution in [2.75, 3.05) is 32.0 Å². The number of carbonyl (C=O) groups excluding carboxylic acids is 1. The number of nitrogens with zero attached hydrogens (tertiary/aromatic N) is 2. The number of methoxy groups -OCH3 is 2. The van der Waals surface area contributed by atoms with Crippen LogP contribution in [0.4, 0.5) is 10.7 Å². The second-order valence-electron chi connectivity index (χ2n) is 5.16. The van der Waals surface area contributed by atoms with Crippen molar-refractivity contribution < 1.29 is 27.4 Å². The molecule has 2 heterocycles. The lowest BCUT2D eigenvalue weighted by Crippen LogP contribution is -2.35. The predicted octanol–water partition coefficient (Wildman–Crippen LogP) is 2.21. The molecule has 0 saturated heterocycles. The van der Waals surface area contributed by atoms with E-state index in [2.05, 4.69) is 15.3 Å². The van der Waals surface area contributed by atoms with E-state index in [1.807, 2.05) is 4.72 Å². The minimum atomic E-state index is -4.11. The Morgan fingerprint density at radius 1 is 1.25 bits per heavy atom. The van der Waals surface area contributed by atoms with E-state index < -0.39 is 16.1 Å². The second-order valence-corrected chi connectivity index (χ2v) is 8.34. The van der Waals surface area contributed by atoms with E-state index in [4.69, 9.17) is 25.8 Å². The van der Waals surface area contributed by atoms with Gasteiger partial charge in [-0.1, -0.05) is 0 Å². The predicted molar refractivity (Wildman–Crippen MR) is 104 cm³/mol. The summed E-state index contributed by atoms with van der Waals surface area (Å²) in [5, 5.41) is 3.84. The van der Waals surface area contributed by atoms with Crippen LogP contribution in [0, 0.1) is 0 Å². The van der Waals surface area contributed by atoms with E-state index in [0.717, 1.165) is 11.3 Å². The number of nitrogens with one attached hydrogen (secondary N) is 2. The molecule has 0 bridgehead atoms. The summed E-state index contributed by atoms with van der Waals surface area (Å²) in [7, 11) is -1.35. The standard InChI is InChI=1S/C15H19ClN4O6S2/c1-24-11-8-12(25-2)18-14(17-11)19-15(21)20-28(22,23)13-10(4-7-27-13)9-26-6-3-5-16/h4,7-8H,3,5-6,9H2,1-2H3,(H2,17,18,19,20,21). The molecule has 2 aromatic heterocycles. The topological polar surface area (TPSA) is 129 Å². The lowest BCUT2D eigenvalue weighted by atomic mass is 10.4. The van der Waals surface area contributed by atoms with Crippen molar-refractivity contribution in [2.24, 2.45) is 0 Å². The van der Waals surface area contributed by atoms with Crippen LogP contribution in [-0.4, -0.2) is 51.1 Å². The number of thiophene rings is 1. The molecule has 0 aliphatic rings. The van der Waals surface area contributed by atoms with Gasteiger partial charge in [-0.3, -0.25) is 5.32 Å². The fraction of sp³-hybridized carbons (Fsp3) is 0.400. The Bertz CT molecular complexity index is 883. The number of ether oxygens (including phenoxy) is 3. The number of amides is 2. The summed E-state index contributed by atoms with van der Waals surface area (Å²) in [6.07, 6.45) is 0.651. The van der Waals surface area contributed by atoms with Crippen molar-refractivity contribution in [1.29, 1.82) is 0 Å². The minimum absolute atomic E-state index is 0.0161. The van der Waals surface area contributed by atoms with Crippen molar-refractivity contribution >= 4 is 44.9 Å². The number of halogens is 1. The van der Waals surface area contributed by atoms with Gasteiger partial charge in [-0.05, 0) is 17.9 Å². The van der Waals surface area contributed by atoms with E-state index >= 15 is 0 Å². The van der Waals surface area contributed by atoms with Crippen LogP contribution in [0.1, 0.15) is 12.0 Å². The highest BCUT2D eigenvalue weighted by Crippen LogP contribution is 2.23. The van der Waals surface area contributed by atoms with Gasteiger partial charge in [0.1, 0.15) is 4.21 Å². The van der Waals surface area contributed by atoms with E-state index in [0.29, 0.717) is 24.5 Å². The zero-order chi connectivity index (χ0) is 20.6. The van der Waals surface area contributed by atoms with Gasteiger partial charge in [0.2, 0.25) is 17.7 Å². The normalized spacial score (nSPS) is 11.1. The van der Waals surface area contributed by atoms with Gasteiger partial charge in [0, 0.05) is 18.1 Å². The number of rotatable bonds is 10. The van der Waals surface area contributed by atoms with Crippen LogP contribution in [0.25, 0.3) is 0 Å². The quantitative estimate of drug-likeness (QED) is 0.416. The van der Waals surface area contributed by atoms with Crippen LogP contribution in [0.15, 0.2) is 21.7 Å². The molecular formula is C15H19ClN4O6S2. The smallest absolute Gasteiger partial charge is 0.335 e. The summed E-state index contributed by atoms with van der Waals surface area (Å²) in [6, 6.07) is 1.99. The number of aromatic nitrogens is 2. The number of anilines is 1. The zero-order valence-electron chi connectivity index (χ0n) is 15.1. The lowest BCUT2D eigenvalue weighted by Gasteiger charge is -2.10. The Hall–Kier alpha value is -2.15. The summed E-state index contributed by atoms with van der Waals surface area (Å²) in [5.74, 6) is 0.548. The van der Waals surface area contributed by atoms with Gasteiger partial charge in [0.05, 0.1) is 26.9 Å². The summed E-state index contributed by atoms with van der Waals surface area (Å²) in [5.41, 5.74) is 0.444. The first-order chi connectivity index (χ1) is 13.4. The van der Waals surface area contributed by atoms with E-state index in [9.17, 15) is 13.2 Å². The highest BCUT2D eigenvalue weighted by atomic mass is 35.5. The molecule has 10 nitrogen and oxygen atoms in total. The van der Waals surface area contributed by atoms with Crippen molar-refractivity contribution in [3.63, 3.8) is 0 Å². The molecule has 0 aliphatic carbocycles. The maximum atomic E-state index is 12.5. The molecule has 2 N–H and O–H groups in total. The first-order valence-electron chi connectivity index (χ1n) is 7.90. The fourth-order valence-electron chi connectivity index (χ4n) is 1.97. The molecule has 28 heavy (non-hydrogen) atoms. The minimum Gasteiger partial charge on any atom is -0.481 e. The Balaban J connectivity index is 2.06. The van der Waals surface area contributed by atoms with Crippen LogP contribution in [0.3, 0.4) is 0 Å². The lowest BCUT2D eigenvalue weighted by molar-refractivity contribution is 0.121. The van der Waals surface area contributed by atoms with Crippen LogP contribution in [0.5, 0.6) is 11.8 Å². The third kappa shape index (κ3) is 6.19. The molecular weight excluding hydrogens is 432 g/mol. The molecule has 2 amide bonds. The average molecular weight is 451 g/mol. The van der Waals surface area contributed by atoms with Crippen LogP contribution >= 0.6 is 22.9 Å². The molecule has 0 aromatic carbocycles. The van der Waals surface area contributed by atoms with Gasteiger partial charge in [-0.2, -0.15) is 9.97 Å². The van der Waals surface area contributed by atoms with Crippen molar-refractivity contribution in [2.45, 2.75) is 17.2 Å². The van der Waals surface area contributed by atoms with Gasteiger partial charge in [0.15, 0.2) is 0 Å². The molecule has 0 radical (unpaired) electrons. The fourth-order valence-corrected chi connectivity index (χ4v) is 4.37. The molecule has 0 aliphatic heterocycles. The summed E-state index contributed by atoms with van der Waals surface area (Å²) < 4.78 is 42.3. The largest absolute Gasteiger partial charge is 0.481 e. The molecule has 2 aromatic rings. The zero-order valence-corrected chi connectivity index (χ0v) is 17.5. The maximum absolute atomic E-state index is 12.5. The molecule has 0 atom stereocenters. The Morgan fingerprint density at radius 3 is 2.54 bits per heavy atom. The average Bonchev–Trinajstić information content (AvgIpc) is 3.14. The van der Waals surface area contributed by atoms with Crippen LogP contribution in [0.2, 0.25) is 0 Å². The number of hydrogen-bond donors (Lipinski definition) is 2. The Morgan fingerprint density at radius 2 is 1.93 bits per heavy atom. The van der Waals surface area contributed by atoms with Gasteiger partial charge < -0.3 is 14.2 Å². The van der Waals surface area contributed by atoms with Gasteiger partial charge in [-0.15, -0.1) is 22.9 Å². The highest BCUT2D eigenvalue weighted by molar-refractivity contribution is 7.92. The number of urea groups is 1. The molecule has 0 unspecified atom stereocenters. The number of sulfonamides is 1. The summed E-state index contributed by atoms with van der Waals surface area (Å²) in [4.78, 5) is 19.9. The molecule has 0 fully saturated rings. The molecule has 154 valence electrons. The van der Waals surface area contributed by atoms with Crippen molar-refractivity contribution in [3.05, 3.63) is 23.1 Å². The first-order valence-corrected chi connectivity index (χ1v) is 10.8. The second kappa shape index (κ2) is 10.4. The number of hydrogen-bond acceptors (Lipinski definition) is 9. The number of alkyl halides is 1. The maximum Gasteiger partial charge on any atom is 0.335 e. The molecule has 13 heteroatoms. The van der Waals surface area contributed by atoms with Gasteiger partial charge in [-0.25, -0.2) is 17.9 Å². The van der Waals surface area contributed by atoms with E-state index in [1.54, 1.807) is 11.4 Å². The van der Waals surface area contributed by atoms with Gasteiger partial charge in [0.25, 0.3) is 10.0 Å². The van der Waals surface area contributed by atoms with E-state index in [1.165, 1.54) is 20.3 Å².